The van der Waals surface area contributed by atoms with Crippen molar-refractivity contribution in [2.45, 2.75) is 59.9 Å². The number of hydrogen-bond donors (Lipinski definition) is 1. The van der Waals surface area contributed by atoms with E-state index in [1.54, 1.807) is 6.92 Å². The summed E-state index contributed by atoms with van der Waals surface area (Å²) in [5, 5.41) is 6.22. The first kappa shape index (κ1) is 17.0. The third-order valence-electron chi connectivity index (χ3n) is 2.60. The van der Waals surface area contributed by atoms with Gasteiger partial charge in [-0.25, -0.2) is 4.98 Å². The number of hydrogen-bond acceptors (Lipinski definition) is 5. The zero-order valence-corrected chi connectivity index (χ0v) is 14.2. The van der Waals surface area contributed by atoms with Gasteiger partial charge in [0.25, 0.3) is 0 Å². The number of thiazole rings is 1. The predicted molar refractivity (Wildman–Crippen MR) is 84.2 cm³/mol. The zero-order chi connectivity index (χ0) is 15.4. The molecular weight excluding hydrogens is 272 g/mol. The van der Waals surface area contributed by atoms with E-state index >= 15 is 0 Å². The van der Waals surface area contributed by atoms with Crippen LogP contribution in [0.4, 0.5) is 5.13 Å². The predicted octanol–water partition coefficient (Wildman–Crippen LogP) is 3.88. The van der Waals surface area contributed by atoms with Crippen LogP contribution in [0.25, 0.3) is 0 Å². The van der Waals surface area contributed by atoms with Gasteiger partial charge in [0.2, 0.25) is 0 Å². The molecule has 0 aliphatic heterocycles. The molecule has 0 saturated carbocycles. The fourth-order valence-corrected chi connectivity index (χ4v) is 3.35. The lowest BCUT2D eigenvalue weighted by Crippen LogP contribution is -2.35. The molecule has 0 amide bonds. The van der Waals surface area contributed by atoms with Crippen LogP contribution in [0.5, 0.6) is 0 Å². The van der Waals surface area contributed by atoms with Crippen LogP contribution in [-0.4, -0.2) is 23.1 Å². The van der Waals surface area contributed by atoms with Crippen LogP contribution in [0.3, 0.4) is 0 Å². The van der Waals surface area contributed by atoms with Crippen LogP contribution in [0.1, 0.15) is 53.7 Å². The van der Waals surface area contributed by atoms with Crippen molar-refractivity contribution in [3.8, 4) is 0 Å². The SMILES string of the molecule is CCOC(=O)Cc1csc(NC(C)(C)CC(C)(C)C)n1. The maximum atomic E-state index is 11.4. The summed E-state index contributed by atoms with van der Waals surface area (Å²) in [6, 6.07) is 0. The summed E-state index contributed by atoms with van der Waals surface area (Å²) in [6.07, 6.45) is 1.28. The number of carbonyl (C=O) groups is 1. The minimum atomic E-state index is -0.224. The quantitative estimate of drug-likeness (QED) is 0.810. The second kappa shape index (κ2) is 6.57. The van der Waals surface area contributed by atoms with E-state index in [4.69, 9.17) is 4.74 Å². The highest BCUT2D eigenvalue weighted by molar-refractivity contribution is 7.13. The number of carbonyl (C=O) groups excluding carboxylic acids is 1. The molecule has 114 valence electrons. The number of anilines is 1. The van der Waals surface area contributed by atoms with Crippen molar-refractivity contribution in [3.05, 3.63) is 11.1 Å². The first-order valence-electron chi connectivity index (χ1n) is 6.99. The Morgan fingerprint density at radius 3 is 2.55 bits per heavy atom. The Bertz CT molecular complexity index is 447. The summed E-state index contributed by atoms with van der Waals surface area (Å²) in [4.78, 5) is 15.9. The number of nitrogens with zero attached hydrogens (tertiary/aromatic N) is 1. The van der Waals surface area contributed by atoms with Gasteiger partial charge in [-0.3, -0.25) is 4.79 Å². The van der Waals surface area contributed by atoms with E-state index in [9.17, 15) is 4.79 Å². The largest absolute Gasteiger partial charge is 0.466 e. The fourth-order valence-electron chi connectivity index (χ4n) is 2.46. The van der Waals surface area contributed by atoms with Crippen LogP contribution >= 0.6 is 11.3 Å². The van der Waals surface area contributed by atoms with Gasteiger partial charge in [0.1, 0.15) is 0 Å². The van der Waals surface area contributed by atoms with Gasteiger partial charge in [-0.15, -0.1) is 11.3 Å². The van der Waals surface area contributed by atoms with E-state index in [0.29, 0.717) is 6.61 Å². The number of esters is 1. The van der Waals surface area contributed by atoms with Crippen molar-refractivity contribution < 1.29 is 9.53 Å². The number of aromatic nitrogens is 1. The Hall–Kier alpha value is -1.10. The summed E-state index contributed by atoms with van der Waals surface area (Å²) >= 11 is 1.53. The second-order valence-corrected chi connectivity index (χ2v) is 7.73. The van der Waals surface area contributed by atoms with Gasteiger partial charge >= 0.3 is 5.97 Å². The highest BCUT2D eigenvalue weighted by atomic mass is 32.1. The highest BCUT2D eigenvalue weighted by Crippen LogP contribution is 2.30. The number of rotatable bonds is 6. The molecular formula is C15H26N2O2S. The van der Waals surface area contributed by atoms with Crippen molar-refractivity contribution >= 4 is 22.4 Å². The normalized spacial score (nSPS) is 12.3. The van der Waals surface area contributed by atoms with Gasteiger partial charge in [0, 0.05) is 10.9 Å². The topological polar surface area (TPSA) is 51.2 Å². The second-order valence-electron chi connectivity index (χ2n) is 6.87. The molecule has 0 radical (unpaired) electrons. The molecule has 0 spiro atoms. The van der Waals surface area contributed by atoms with Gasteiger partial charge in [-0.2, -0.15) is 0 Å². The Morgan fingerprint density at radius 2 is 2.00 bits per heavy atom. The Labute approximate surface area is 125 Å². The maximum absolute atomic E-state index is 11.4. The Morgan fingerprint density at radius 1 is 1.35 bits per heavy atom. The molecule has 1 N–H and O–H groups in total. The average Bonchev–Trinajstić information content (AvgIpc) is 2.60. The summed E-state index contributed by atoms with van der Waals surface area (Å²) in [5.41, 5.74) is 0.987. The molecule has 1 heterocycles. The maximum Gasteiger partial charge on any atom is 0.311 e. The Balaban J connectivity index is 2.61. The summed E-state index contributed by atoms with van der Waals surface area (Å²) in [7, 11) is 0. The van der Waals surface area contributed by atoms with Crippen molar-refractivity contribution in [2.75, 3.05) is 11.9 Å². The molecule has 5 heteroatoms. The van der Waals surface area contributed by atoms with Crippen molar-refractivity contribution in [3.63, 3.8) is 0 Å². The minimum Gasteiger partial charge on any atom is -0.466 e. The summed E-state index contributed by atoms with van der Waals surface area (Å²) < 4.78 is 4.93. The van der Waals surface area contributed by atoms with Gasteiger partial charge in [-0.1, -0.05) is 20.8 Å². The molecule has 0 fully saturated rings. The molecule has 0 saturated heterocycles. The van der Waals surface area contributed by atoms with E-state index in [1.165, 1.54) is 11.3 Å². The summed E-state index contributed by atoms with van der Waals surface area (Å²) in [6.45, 7) is 13.2. The van der Waals surface area contributed by atoms with Crippen LogP contribution < -0.4 is 5.32 Å². The molecule has 0 aromatic carbocycles. The van der Waals surface area contributed by atoms with Gasteiger partial charge in [-0.05, 0) is 32.6 Å². The van der Waals surface area contributed by atoms with Crippen LogP contribution in [-0.2, 0) is 16.0 Å². The van der Waals surface area contributed by atoms with E-state index < -0.39 is 0 Å². The summed E-state index contributed by atoms with van der Waals surface area (Å²) in [5.74, 6) is -0.224. The fraction of sp³-hybridized carbons (Fsp3) is 0.733. The molecule has 0 atom stereocenters. The van der Waals surface area contributed by atoms with Gasteiger partial charge < -0.3 is 10.1 Å². The molecule has 1 rings (SSSR count). The standard InChI is InChI=1S/C15H26N2O2S/c1-7-19-12(18)8-11-9-20-13(16-11)17-15(5,6)10-14(2,3)4/h9H,7-8,10H2,1-6H3,(H,16,17). The molecule has 1 aromatic heterocycles. The first-order chi connectivity index (χ1) is 9.11. The van der Waals surface area contributed by atoms with Gasteiger partial charge in [0.15, 0.2) is 5.13 Å². The Kier molecular flexibility index (Phi) is 5.57. The van der Waals surface area contributed by atoms with E-state index in [1.807, 2.05) is 5.38 Å². The average molecular weight is 298 g/mol. The van der Waals surface area contributed by atoms with E-state index in [0.717, 1.165) is 17.2 Å². The lowest BCUT2D eigenvalue weighted by Gasteiger charge is -2.33. The van der Waals surface area contributed by atoms with Crippen molar-refractivity contribution in [1.29, 1.82) is 0 Å². The lowest BCUT2D eigenvalue weighted by atomic mass is 9.82. The van der Waals surface area contributed by atoms with Crippen LogP contribution in [0, 0.1) is 5.41 Å². The third-order valence-corrected chi connectivity index (χ3v) is 3.41. The molecule has 0 aliphatic rings. The van der Waals surface area contributed by atoms with Crippen molar-refractivity contribution in [1.82, 2.24) is 4.98 Å². The number of ether oxygens (including phenoxy) is 1. The smallest absolute Gasteiger partial charge is 0.311 e. The van der Waals surface area contributed by atoms with Crippen molar-refractivity contribution in [2.24, 2.45) is 5.41 Å². The zero-order valence-electron chi connectivity index (χ0n) is 13.4. The minimum absolute atomic E-state index is 0.0305. The molecule has 0 unspecified atom stereocenters. The number of nitrogens with one attached hydrogen (secondary N) is 1. The molecule has 1 aromatic rings. The van der Waals surface area contributed by atoms with Crippen LogP contribution in [0.15, 0.2) is 5.38 Å². The van der Waals surface area contributed by atoms with E-state index in [2.05, 4.69) is 44.9 Å². The molecule has 0 aliphatic carbocycles. The van der Waals surface area contributed by atoms with Crippen LogP contribution in [0.2, 0.25) is 0 Å². The highest BCUT2D eigenvalue weighted by Gasteiger charge is 2.26. The first-order valence-corrected chi connectivity index (χ1v) is 7.87. The van der Waals surface area contributed by atoms with Gasteiger partial charge in [0.05, 0.1) is 18.7 Å². The molecule has 20 heavy (non-hydrogen) atoms. The third kappa shape index (κ3) is 6.37. The van der Waals surface area contributed by atoms with E-state index in [-0.39, 0.29) is 23.3 Å². The lowest BCUT2D eigenvalue weighted by molar-refractivity contribution is -0.142. The molecule has 0 bridgehead atoms. The molecule has 4 nitrogen and oxygen atoms in total. The monoisotopic (exact) mass is 298 g/mol.